The number of aromatic nitrogens is 3. The van der Waals surface area contributed by atoms with Crippen LogP contribution < -0.4 is 9.64 Å². The van der Waals surface area contributed by atoms with Crippen molar-refractivity contribution in [2.75, 3.05) is 37.7 Å². The smallest absolute Gasteiger partial charge is 0.253 e. The first kappa shape index (κ1) is 23.7. The van der Waals surface area contributed by atoms with E-state index in [1.165, 1.54) is 0 Å². The molecule has 0 radical (unpaired) electrons. The molecule has 0 unspecified atom stereocenters. The van der Waals surface area contributed by atoms with Gasteiger partial charge in [-0.05, 0) is 48.9 Å². The molecular formula is C31H29N5O2. The number of hydrogen-bond donors (Lipinski definition) is 0. The molecule has 3 aromatic carbocycles. The SMILES string of the molecule is CCOc1ccc(-n2cc(-c3ccccc3)c3c(N4CCN(C(=O)c5ccccc5)CC4)ncnc32)cc1. The van der Waals surface area contributed by atoms with Gasteiger partial charge in [0.25, 0.3) is 5.91 Å². The molecule has 0 N–H and O–H groups in total. The van der Waals surface area contributed by atoms with E-state index in [1.807, 2.05) is 72.5 Å². The zero-order valence-corrected chi connectivity index (χ0v) is 21.3. The van der Waals surface area contributed by atoms with Gasteiger partial charge in [0.1, 0.15) is 17.9 Å². The Kier molecular flexibility index (Phi) is 6.48. The van der Waals surface area contributed by atoms with Crippen molar-refractivity contribution in [3.63, 3.8) is 0 Å². The zero-order chi connectivity index (χ0) is 25.9. The first-order chi connectivity index (χ1) is 18.7. The van der Waals surface area contributed by atoms with Gasteiger partial charge in [-0.25, -0.2) is 9.97 Å². The number of hydrogen-bond acceptors (Lipinski definition) is 5. The number of anilines is 1. The lowest BCUT2D eigenvalue weighted by Crippen LogP contribution is -2.49. The number of rotatable bonds is 6. The number of nitrogens with zero attached hydrogens (tertiary/aromatic N) is 5. The molecule has 1 saturated heterocycles. The normalized spacial score (nSPS) is 13.6. The Morgan fingerprint density at radius 1 is 0.842 bits per heavy atom. The van der Waals surface area contributed by atoms with E-state index in [1.54, 1.807) is 6.33 Å². The lowest BCUT2D eigenvalue weighted by Gasteiger charge is -2.35. The third kappa shape index (κ3) is 4.47. The van der Waals surface area contributed by atoms with Gasteiger partial charge in [0.05, 0.1) is 12.0 Å². The molecule has 0 spiro atoms. The van der Waals surface area contributed by atoms with Crippen LogP contribution in [0.2, 0.25) is 0 Å². The Hall–Kier alpha value is -4.65. The van der Waals surface area contributed by atoms with Gasteiger partial charge in [0.15, 0.2) is 5.65 Å². The summed E-state index contributed by atoms with van der Waals surface area (Å²) in [5.41, 5.74) is 4.76. The summed E-state index contributed by atoms with van der Waals surface area (Å²) < 4.78 is 7.76. The topological polar surface area (TPSA) is 63.5 Å². The highest BCUT2D eigenvalue weighted by atomic mass is 16.5. The van der Waals surface area contributed by atoms with Gasteiger partial charge < -0.3 is 19.1 Å². The summed E-state index contributed by atoms with van der Waals surface area (Å²) in [6.45, 7) is 5.29. The van der Waals surface area contributed by atoms with Gasteiger partial charge in [-0.3, -0.25) is 4.79 Å². The lowest BCUT2D eigenvalue weighted by atomic mass is 10.1. The molecule has 0 bridgehead atoms. The van der Waals surface area contributed by atoms with Crippen LogP contribution >= 0.6 is 0 Å². The third-order valence-electron chi connectivity index (χ3n) is 6.96. The van der Waals surface area contributed by atoms with E-state index in [4.69, 9.17) is 14.7 Å². The molecule has 38 heavy (non-hydrogen) atoms. The predicted octanol–water partition coefficient (Wildman–Crippen LogP) is 5.45. The highest BCUT2D eigenvalue weighted by Crippen LogP contribution is 2.37. The van der Waals surface area contributed by atoms with Crippen molar-refractivity contribution in [3.8, 4) is 22.6 Å². The summed E-state index contributed by atoms with van der Waals surface area (Å²) in [4.78, 5) is 26.7. The van der Waals surface area contributed by atoms with Crippen LogP contribution in [0, 0.1) is 0 Å². The predicted molar refractivity (Wildman–Crippen MR) is 150 cm³/mol. The Bertz CT molecular complexity index is 1540. The third-order valence-corrected chi connectivity index (χ3v) is 6.96. The molecule has 2 aromatic heterocycles. The van der Waals surface area contributed by atoms with Crippen LogP contribution in [0.15, 0.2) is 97.5 Å². The number of ether oxygens (including phenoxy) is 1. The minimum atomic E-state index is 0.0738. The van der Waals surface area contributed by atoms with Gasteiger partial charge in [-0.1, -0.05) is 48.5 Å². The highest BCUT2D eigenvalue weighted by Gasteiger charge is 2.26. The summed E-state index contributed by atoms with van der Waals surface area (Å²) in [6, 6.07) is 27.9. The van der Waals surface area contributed by atoms with Gasteiger partial charge in [0.2, 0.25) is 0 Å². The maximum Gasteiger partial charge on any atom is 0.253 e. The molecule has 1 aliphatic rings. The van der Waals surface area contributed by atoms with Crippen LogP contribution in [-0.2, 0) is 0 Å². The number of amides is 1. The second-order valence-electron chi connectivity index (χ2n) is 9.25. The first-order valence-electron chi connectivity index (χ1n) is 13.0. The number of fused-ring (bicyclic) bond motifs is 1. The van der Waals surface area contributed by atoms with E-state index in [-0.39, 0.29) is 5.91 Å². The number of benzene rings is 3. The lowest BCUT2D eigenvalue weighted by molar-refractivity contribution is 0.0746. The molecule has 1 fully saturated rings. The Balaban J connectivity index is 1.37. The molecule has 190 valence electrons. The molecule has 5 aromatic rings. The number of carbonyl (C=O) groups excluding carboxylic acids is 1. The van der Waals surface area contributed by atoms with Crippen molar-refractivity contribution in [1.29, 1.82) is 0 Å². The Labute approximate surface area is 221 Å². The van der Waals surface area contributed by atoms with E-state index < -0.39 is 0 Å². The van der Waals surface area contributed by atoms with Crippen LogP contribution in [-0.4, -0.2) is 58.1 Å². The van der Waals surface area contributed by atoms with Gasteiger partial charge in [-0.15, -0.1) is 0 Å². The summed E-state index contributed by atoms with van der Waals surface area (Å²) in [5, 5.41) is 1.01. The second-order valence-corrected chi connectivity index (χ2v) is 9.25. The molecule has 1 aliphatic heterocycles. The molecule has 0 saturated carbocycles. The van der Waals surface area contributed by atoms with Crippen LogP contribution in [0.3, 0.4) is 0 Å². The van der Waals surface area contributed by atoms with E-state index >= 15 is 0 Å². The van der Waals surface area contributed by atoms with Crippen molar-refractivity contribution in [2.45, 2.75) is 6.92 Å². The molecule has 6 rings (SSSR count). The Morgan fingerprint density at radius 3 is 2.21 bits per heavy atom. The van der Waals surface area contributed by atoms with Gasteiger partial charge in [-0.2, -0.15) is 0 Å². The molecule has 1 amide bonds. The summed E-state index contributed by atoms with van der Waals surface area (Å²) >= 11 is 0. The molecule has 0 aliphatic carbocycles. The summed E-state index contributed by atoms with van der Waals surface area (Å²) in [5.74, 6) is 1.81. The first-order valence-corrected chi connectivity index (χ1v) is 13.0. The van der Waals surface area contributed by atoms with Gasteiger partial charge in [0, 0.05) is 49.2 Å². The second kappa shape index (κ2) is 10.4. The fraction of sp³-hybridized carbons (Fsp3) is 0.194. The van der Waals surface area contributed by atoms with E-state index in [9.17, 15) is 4.79 Å². The molecular weight excluding hydrogens is 474 g/mol. The summed E-state index contributed by atoms with van der Waals surface area (Å²) in [7, 11) is 0. The van der Waals surface area contributed by atoms with Crippen LogP contribution in [0.4, 0.5) is 5.82 Å². The Morgan fingerprint density at radius 2 is 1.53 bits per heavy atom. The van der Waals surface area contributed by atoms with E-state index in [2.05, 4.69) is 39.9 Å². The van der Waals surface area contributed by atoms with Crippen molar-refractivity contribution >= 4 is 22.8 Å². The van der Waals surface area contributed by atoms with Crippen molar-refractivity contribution in [1.82, 2.24) is 19.4 Å². The molecule has 7 nitrogen and oxygen atoms in total. The maximum absolute atomic E-state index is 13.0. The number of piperazine rings is 1. The highest BCUT2D eigenvalue weighted by molar-refractivity contribution is 6.02. The molecule has 7 heteroatoms. The quantitative estimate of drug-likeness (QED) is 0.308. The van der Waals surface area contributed by atoms with Crippen molar-refractivity contribution in [3.05, 3.63) is 103 Å². The van der Waals surface area contributed by atoms with E-state index in [0.717, 1.165) is 45.0 Å². The average Bonchev–Trinajstić information content (AvgIpc) is 3.38. The molecule has 0 atom stereocenters. The van der Waals surface area contributed by atoms with Crippen molar-refractivity contribution < 1.29 is 9.53 Å². The largest absolute Gasteiger partial charge is 0.494 e. The minimum absolute atomic E-state index is 0.0738. The molecule has 3 heterocycles. The van der Waals surface area contributed by atoms with Crippen LogP contribution in [0.5, 0.6) is 5.75 Å². The fourth-order valence-corrected chi connectivity index (χ4v) is 5.07. The summed E-state index contributed by atoms with van der Waals surface area (Å²) in [6.07, 6.45) is 3.78. The van der Waals surface area contributed by atoms with Crippen molar-refractivity contribution in [2.24, 2.45) is 0 Å². The maximum atomic E-state index is 13.0. The van der Waals surface area contributed by atoms with E-state index in [0.29, 0.717) is 32.8 Å². The van der Waals surface area contributed by atoms with Crippen LogP contribution in [0.1, 0.15) is 17.3 Å². The van der Waals surface area contributed by atoms with Crippen LogP contribution in [0.25, 0.3) is 27.8 Å². The zero-order valence-electron chi connectivity index (χ0n) is 21.3. The fourth-order valence-electron chi connectivity index (χ4n) is 5.07. The standard InChI is InChI=1S/C31H29N5O2/c1-2-38-26-15-13-25(14-16-26)36-21-27(23-9-5-3-6-10-23)28-29(32-22-33-30(28)36)34-17-19-35(20-18-34)31(37)24-11-7-4-8-12-24/h3-16,21-22H,2,17-20H2,1H3. The minimum Gasteiger partial charge on any atom is -0.494 e. The number of carbonyl (C=O) groups is 1. The monoisotopic (exact) mass is 503 g/mol. The average molecular weight is 504 g/mol. The van der Waals surface area contributed by atoms with Gasteiger partial charge >= 0.3 is 0 Å².